The van der Waals surface area contributed by atoms with Crippen LogP contribution in [0.15, 0.2) is 24.3 Å². The zero-order valence-electron chi connectivity index (χ0n) is 32.8. The molecule has 280 valence electrons. The second kappa shape index (κ2) is 38.1. The quantitative estimate of drug-likeness (QED) is 0.0404. The molecule has 0 fully saturated rings. The summed E-state index contributed by atoms with van der Waals surface area (Å²) < 4.78 is 13.4. The number of nitrogens with two attached hydrogens (primary N) is 1. The van der Waals surface area contributed by atoms with Crippen molar-refractivity contribution in [1.29, 1.82) is 0 Å². The molecular formula is C43H87N2O2+. The van der Waals surface area contributed by atoms with Crippen molar-refractivity contribution < 1.29 is 14.0 Å². The van der Waals surface area contributed by atoms with E-state index < -0.39 is 0 Å². The molecule has 0 aliphatic heterocycles. The number of hydrogen-bond donors (Lipinski definition) is 1. The minimum atomic E-state index is 0.161. The van der Waals surface area contributed by atoms with Crippen molar-refractivity contribution in [2.24, 2.45) is 5.73 Å². The van der Waals surface area contributed by atoms with Crippen LogP contribution >= 0.6 is 0 Å². The summed E-state index contributed by atoms with van der Waals surface area (Å²) >= 11 is 0. The molecule has 1 unspecified atom stereocenters. The number of hydrogen-bond acceptors (Lipinski definition) is 3. The molecule has 0 aliphatic carbocycles. The van der Waals surface area contributed by atoms with Gasteiger partial charge in [-0.15, -0.1) is 0 Å². The number of rotatable bonds is 39. The Balaban J connectivity index is 3.80. The lowest BCUT2D eigenvalue weighted by Gasteiger charge is -2.33. The van der Waals surface area contributed by atoms with Gasteiger partial charge < -0.3 is 19.7 Å². The predicted molar refractivity (Wildman–Crippen MR) is 210 cm³/mol. The van der Waals surface area contributed by atoms with Gasteiger partial charge in [0, 0.05) is 19.8 Å². The van der Waals surface area contributed by atoms with Gasteiger partial charge >= 0.3 is 0 Å². The number of quaternary nitrogens is 1. The normalized spacial score (nSPS) is 13.0. The summed E-state index contributed by atoms with van der Waals surface area (Å²) in [7, 11) is 4.52. The Morgan fingerprint density at radius 1 is 0.489 bits per heavy atom. The van der Waals surface area contributed by atoms with Gasteiger partial charge in [-0.2, -0.15) is 0 Å². The average Bonchev–Trinajstić information content (AvgIpc) is 3.05. The standard InChI is InChI=1S/C43H87N2O2/c1-5-7-9-11-13-15-17-19-21-23-25-27-29-31-33-35-39-46-42-43(41-45(3,4)38-37-44)47-40-36-34-32-30-28-26-24-22-20-18-16-14-12-10-8-6-2/h19-22,43H,5-18,23-42,44H2,1-4H3/q+1. The summed E-state index contributed by atoms with van der Waals surface area (Å²) in [4.78, 5) is 0. The van der Waals surface area contributed by atoms with E-state index in [4.69, 9.17) is 15.2 Å². The second-order valence-electron chi connectivity index (χ2n) is 15.1. The van der Waals surface area contributed by atoms with Crippen molar-refractivity contribution in [1.82, 2.24) is 0 Å². The molecule has 4 heteroatoms. The summed E-state index contributed by atoms with van der Waals surface area (Å²) in [5.41, 5.74) is 5.89. The first kappa shape index (κ1) is 46.3. The first-order valence-electron chi connectivity index (χ1n) is 21.1. The van der Waals surface area contributed by atoms with Crippen LogP contribution in [0.5, 0.6) is 0 Å². The van der Waals surface area contributed by atoms with E-state index in [1.54, 1.807) is 0 Å². The molecule has 0 spiro atoms. The fraction of sp³-hybridized carbons (Fsp3) is 0.907. The lowest BCUT2D eigenvalue weighted by atomic mass is 10.1. The average molecular weight is 664 g/mol. The van der Waals surface area contributed by atoms with Gasteiger partial charge in [0.25, 0.3) is 0 Å². The maximum Gasteiger partial charge on any atom is 0.130 e. The van der Waals surface area contributed by atoms with E-state index in [1.165, 1.54) is 173 Å². The van der Waals surface area contributed by atoms with Crippen molar-refractivity contribution in [3.8, 4) is 0 Å². The maximum absolute atomic E-state index is 6.38. The molecule has 0 aliphatic rings. The number of likely N-dealkylation sites (N-methyl/N-ethyl adjacent to an activating group) is 1. The minimum Gasteiger partial charge on any atom is -0.379 e. The Bertz CT molecular complexity index is 648. The minimum absolute atomic E-state index is 0.161. The van der Waals surface area contributed by atoms with Crippen molar-refractivity contribution in [3.05, 3.63) is 24.3 Å². The summed E-state index contributed by atoms with van der Waals surface area (Å²) in [6, 6.07) is 0. The summed E-state index contributed by atoms with van der Waals surface area (Å²) in [5.74, 6) is 0. The molecule has 0 bridgehead atoms. The van der Waals surface area contributed by atoms with E-state index in [0.717, 1.165) is 37.2 Å². The van der Waals surface area contributed by atoms with E-state index in [9.17, 15) is 0 Å². The third-order valence-corrected chi connectivity index (χ3v) is 9.55. The van der Waals surface area contributed by atoms with Crippen LogP contribution in [0.3, 0.4) is 0 Å². The number of nitrogens with zero attached hydrogens (tertiary/aromatic N) is 1. The molecular weight excluding hydrogens is 576 g/mol. The van der Waals surface area contributed by atoms with Crippen LogP contribution < -0.4 is 5.73 Å². The third-order valence-electron chi connectivity index (χ3n) is 9.55. The molecule has 0 amide bonds. The highest BCUT2D eigenvalue weighted by Crippen LogP contribution is 2.13. The lowest BCUT2D eigenvalue weighted by molar-refractivity contribution is -0.892. The van der Waals surface area contributed by atoms with Gasteiger partial charge in [-0.05, 0) is 64.2 Å². The molecule has 0 saturated carbocycles. The van der Waals surface area contributed by atoms with Crippen molar-refractivity contribution >= 4 is 0 Å². The molecule has 0 aromatic heterocycles. The van der Waals surface area contributed by atoms with Gasteiger partial charge in [0.2, 0.25) is 0 Å². The zero-order chi connectivity index (χ0) is 34.4. The fourth-order valence-electron chi connectivity index (χ4n) is 6.41. The van der Waals surface area contributed by atoms with E-state index >= 15 is 0 Å². The fourth-order valence-corrected chi connectivity index (χ4v) is 6.41. The third kappa shape index (κ3) is 38.0. The Kier molecular flexibility index (Phi) is 37.6. The molecule has 2 N–H and O–H groups in total. The van der Waals surface area contributed by atoms with E-state index in [2.05, 4.69) is 52.2 Å². The largest absolute Gasteiger partial charge is 0.379 e. The second-order valence-corrected chi connectivity index (χ2v) is 15.1. The van der Waals surface area contributed by atoms with Crippen molar-refractivity contribution in [3.63, 3.8) is 0 Å². The van der Waals surface area contributed by atoms with E-state index in [-0.39, 0.29) is 6.10 Å². The summed E-state index contributed by atoms with van der Waals surface area (Å²) in [5, 5.41) is 0. The van der Waals surface area contributed by atoms with E-state index in [0.29, 0.717) is 13.2 Å². The van der Waals surface area contributed by atoms with Crippen molar-refractivity contribution in [2.45, 2.75) is 200 Å². The number of allylic oxidation sites excluding steroid dienone is 4. The van der Waals surface area contributed by atoms with Crippen molar-refractivity contribution in [2.75, 3.05) is 53.6 Å². The first-order valence-corrected chi connectivity index (χ1v) is 21.1. The number of ether oxygens (including phenoxy) is 2. The Morgan fingerprint density at radius 3 is 1.26 bits per heavy atom. The summed E-state index contributed by atoms with van der Waals surface area (Å²) in [6.45, 7) is 9.66. The van der Waals surface area contributed by atoms with Crippen LogP contribution in [-0.4, -0.2) is 64.1 Å². The highest BCUT2D eigenvalue weighted by atomic mass is 16.5. The van der Waals surface area contributed by atoms with Crippen LogP contribution in [0.1, 0.15) is 194 Å². The van der Waals surface area contributed by atoms with Crippen LogP contribution in [0, 0.1) is 0 Å². The highest BCUT2D eigenvalue weighted by Gasteiger charge is 2.22. The molecule has 0 heterocycles. The first-order chi connectivity index (χ1) is 23.1. The molecule has 0 saturated heterocycles. The highest BCUT2D eigenvalue weighted by molar-refractivity contribution is 4.82. The molecule has 0 radical (unpaired) electrons. The van der Waals surface area contributed by atoms with Gasteiger partial charge in [0.05, 0.1) is 27.2 Å². The molecule has 47 heavy (non-hydrogen) atoms. The zero-order valence-corrected chi connectivity index (χ0v) is 32.8. The Hall–Kier alpha value is -0.680. The van der Waals surface area contributed by atoms with Gasteiger partial charge in [0.15, 0.2) is 0 Å². The monoisotopic (exact) mass is 664 g/mol. The topological polar surface area (TPSA) is 44.5 Å². The van der Waals surface area contributed by atoms with Gasteiger partial charge in [-0.3, -0.25) is 0 Å². The van der Waals surface area contributed by atoms with Crippen LogP contribution in [0.4, 0.5) is 0 Å². The van der Waals surface area contributed by atoms with Gasteiger partial charge in [-0.1, -0.05) is 154 Å². The maximum atomic E-state index is 6.38. The molecule has 0 aromatic carbocycles. The van der Waals surface area contributed by atoms with Gasteiger partial charge in [-0.25, -0.2) is 0 Å². The lowest BCUT2D eigenvalue weighted by Crippen LogP contribution is -2.50. The van der Waals surface area contributed by atoms with Crippen LogP contribution in [-0.2, 0) is 9.47 Å². The molecule has 1 atom stereocenters. The van der Waals surface area contributed by atoms with Crippen LogP contribution in [0.25, 0.3) is 0 Å². The molecule has 4 nitrogen and oxygen atoms in total. The van der Waals surface area contributed by atoms with E-state index in [1.807, 2.05) is 0 Å². The Morgan fingerprint density at radius 2 is 0.851 bits per heavy atom. The number of unbranched alkanes of at least 4 members (excludes halogenated alkanes) is 24. The smallest absolute Gasteiger partial charge is 0.130 e. The van der Waals surface area contributed by atoms with Crippen LogP contribution in [0.2, 0.25) is 0 Å². The SMILES string of the molecule is CCCCCCCCC=CCCCCCCCCOCC(C[N+](C)(C)CCN)OCCCCCCCCC=CCCCCCCCC. The Labute approximate surface area is 296 Å². The predicted octanol–water partition coefficient (Wildman–Crippen LogP) is 12.5. The molecule has 0 aromatic rings. The van der Waals surface area contributed by atoms with Gasteiger partial charge in [0.1, 0.15) is 12.6 Å². The summed E-state index contributed by atoms with van der Waals surface area (Å²) in [6.07, 6.45) is 47.3. The molecule has 0 rings (SSSR count).